The number of carbonyl (C=O) groups is 1. The van der Waals surface area contributed by atoms with Gasteiger partial charge in [0.25, 0.3) is 0 Å². The van der Waals surface area contributed by atoms with Crippen molar-refractivity contribution in [3.05, 3.63) is 11.6 Å². The molecular formula is C21H32F3NO4. The van der Waals surface area contributed by atoms with Gasteiger partial charge in [0.2, 0.25) is 0 Å². The smallest absolute Gasteiger partial charge is 0.459 e. The molecule has 3 aliphatic rings. The molecule has 1 unspecified atom stereocenters. The molecule has 29 heavy (non-hydrogen) atoms. The van der Waals surface area contributed by atoms with Crippen LogP contribution in [0.25, 0.3) is 0 Å². The molecule has 3 fully saturated rings. The standard InChI is InChI=1S/C21H32F3NO4/c1-4-28-18(26)14(2)9-10-16-7-5-11-19-12-6-8-17(19)15(3)13-29-21(27,25(16)19)20(22,23)24/h9,15-17,27H,4-8,10-13H2,1-3H3/b14-9+/t15-,16+,17+,19+,21?/m0/s1. The zero-order valence-corrected chi connectivity index (χ0v) is 17.4. The normalized spacial score (nSPS) is 38.9. The predicted molar refractivity (Wildman–Crippen MR) is 101 cm³/mol. The van der Waals surface area contributed by atoms with Crippen molar-refractivity contribution in [1.82, 2.24) is 4.90 Å². The minimum atomic E-state index is -4.94. The van der Waals surface area contributed by atoms with E-state index < -0.39 is 29.6 Å². The highest BCUT2D eigenvalue weighted by atomic mass is 19.4. The van der Waals surface area contributed by atoms with E-state index in [1.54, 1.807) is 19.9 Å². The van der Waals surface area contributed by atoms with Crippen molar-refractivity contribution in [1.29, 1.82) is 0 Å². The molecule has 2 heterocycles. The second-order valence-electron chi connectivity index (χ2n) is 8.76. The van der Waals surface area contributed by atoms with Crippen LogP contribution in [0, 0.1) is 11.8 Å². The molecule has 5 nitrogen and oxygen atoms in total. The molecule has 1 saturated carbocycles. The van der Waals surface area contributed by atoms with Crippen LogP contribution in [0.1, 0.15) is 65.7 Å². The van der Waals surface area contributed by atoms with Crippen molar-refractivity contribution in [2.75, 3.05) is 13.2 Å². The first-order chi connectivity index (χ1) is 13.6. The number of halogens is 3. The molecule has 8 heteroatoms. The van der Waals surface area contributed by atoms with Gasteiger partial charge in [0.05, 0.1) is 13.2 Å². The molecule has 2 aliphatic heterocycles. The quantitative estimate of drug-likeness (QED) is 0.548. The first kappa shape index (κ1) is 22.6. The topological polar surface area (TPSA) is 59.0 Å². The lowest BCUT2D eigenvalue weighted by Gasteiger charge is -2.56. The molecule has 0 aromatic heterocycles. The minimum absolute atomic E-state index is 0.0526. The summed E-state index contributed by atoms with van der Waals surface area (Å²) >= 11 is 0. The summed E-state index contributed by atoms with van der Waals surface area (Å²) in [5, 5.41) is 10.9. The number of aliphatic hydroxyl groups is 1. The highest BCUT2D eigenvalue weighted by Crippen LogP contribution is 2.57. The van der Waals surface area contributed by atoms with E-state index in [1.807, 2.05) is 6.92 Å². The summed E-state index contributed by atoms with van der Waals surface area (Å²) in [6.07, 6.45) is 1.19. The Kier molecular flexibility index (Phi) is 6.37. The summed E-state index contributed by atoms with van der Waals surface area (Å²) in [5.41, 5.74) is -0.358. The Hall–Kier alpha value is -1.12. The number of piperidine rings is 1. The Morgan fingerprint density at radius 2 is 1.97 bits per heavy atom. The SMILES string of the molecule is CCOC(=O)/C(C)=C/C[C@H]1CCC[C@@]23CCC[C@@H]2[C@@H](C)COC(O)(C(F)(F)F)N13. The van der Waals surface area contributed by atoms with E-state index in [1.165, 1.54) is 4.90 Å². The lowest BCUT2D eigenvalue weighted by molar-refractivity contribution is -0.440. The number of alkyl halides is 3. The van der Waals surface area contributed by atoms with Crippen molar-refractivity contribution in [3.8, 4) is 0 Å². The van der Waals surface area contributed by atoms with E-state index in [0.29, 0.717) is 24.8 Å². The van der Waals surface area contributed by atoms with Crippen LogP contribution >= 0.6 is 0 Å². The fourth-order valence-electron chi connectivity index (χ4n) is 5.83. The van der Waals surface area contributed by atoms with Gasteiger partial charge in [-0.15, -0.1) is 0 Å². The third-order valence-electron chi connectivity index (χ3n) is 7.03. The lowest BCUT2D eigenvalue weighted by atomic mass is 9.71. The predicted octanol–water partition coefficient (Wildman–Crippen LogP) is 4.15. The maximum Gasteiger partial charge on any atom is 0.459 e. The number of ether oxygens (including phenoxy) is 2. The summed E-state index contributed by atoms with van der Waals surface area (Å²) in [4.78, 5) is 13.2. The first-order valence-corrected chi connectivity index (χ1v) is 10.6. The van der Waals surface area contributed by atoms with Crippen LogP contribution in [0.2, 0.25) is 0 Å². The molecule has 0 amide bonds. The number of esters is 1. The van der Waals surface area contributed by atoms with Gasteiger partial charge < -0.3 is 14.6 Å². The number of carbonyl (C=O) groups excluding carboxylic acids is 1. The van der Waals surface area contributed by atoms with Crippen molar-refractivity contribution in [3.63, 3.8) is 0 Å². The van der Waals surface area contributed by atoms with Crippen molar-refractivity contribution in [2.24, 2.45) is 11.8 Å². The molecule has 0 bridgehead atoms. The van der Waals surface area contributed by atoms with E-state index in [-0.39, 0.29) is 31.5 Å². The largest absolute Gasteiger partial charge is 0.463 e. The van der Waals surface area contributed by atoms with Crippen LogP contribution in [0.4, 0.5) is 13.2 Å². The van der Waals surface area contributed by atoms with Gasteiger partial charge in [-0.05, 0) is 57.8 Å². The van der Waals surface area contributed by atoms with Crippen LogP contribution in [0.15, 0.2) is 11.6 Å². The number of hydrogen-bond donors (Lipinski definition) is 1. The maximum atomic E-state index is 14.2. The molecular weight excluding hydrogens is 387 g/mol. The zero-order valence-electron chi connectivity index (χ0n) is 17.4. The Morgan fingerprint density at radius 3 is 2.59 bits per heavy atom. The second kappa shape index (κ2) is 8.19. The van der Waals surface area contributed by atoms with E-state index in [0.717, 1.165) is 19.3 Å². The second-order valence-corrected chi connectivity index (χ2v) is 8.76. The first-order valence-electron chi connectivity index (χ1n) is 10.6. The summed E-state index contributed by atoms with van der Waals surface area (Å²) in [5.74, 6) is -3.79. The highest BCUT2D eigenvalue weighted by Gasteiger charge is 2.70. The Bertz CT molecular complexity index is 652. The molecule has 0 aromatic carbocycles. The average Bonchev–Trinajstić information content (AvgIpc) is 3.02. The third-order valence-corrected chi connectivity index (χ3v) is 7.03. The van der Waals surface area contributed by atoms with E-state index in [9.17, 15) is 23.1 Å². The number of hydrogen-bond acceptors (Lipinski definition) is 5. The van der Waals surface area contributed by atoms with Crippen LogP contribution in [-0.2, 0) is 14.3 Å². The van der Waals surface area contributed by atoms with Crippen molar-refractivity contribution < 1.29 is 32.5 Å². The summed E-state index contributed by atoms with van der Waals surface area (Å²) in [6.45, 7) is 5.35. The molecule has 1 aliphatic carbocycles. The summed E-state index contributed by atoms with van der Waals surface area (Å²) < 4.78 is 52.7. The van der Waals surface area contributed by atoms with Crippen LogP contribution in [0.5, 0.6) is 0 Å². The van der Waals surface area contributed by atoms with Crippen LogP contribution < -0.4 is 0 Å². The Balaban J connectivity index is 2.00. The maximum absolute atomic E-state index is 14.2. The number of rotatable bonds is 4. The summed E-state index contributed by atoms with van der Waals surface area (Å²) in [7, 11) is 0. The fraction of sp³-hybridized carbons (Fsp3) is 0.857. The molecule has 2 saturated heterocycles. The van der Waals surface area contributed by atoms with Gasteiger partial charge in [-0.2, -0.15) is 13.2 Å². The van der Waals surface area contributed by atoms with Gasteiger partial charge in [-0.25, -0.2) is 9.69 Å². The van der Waals surface area contributed by atoms with Crippen LogP contribution in [0.3, 0.4) is 0 Å². The Morgan fingerprint density at radius 1 is 1.31 bits per heavy atom. The third kappa shape index (κ3) is 3.83. The molecule has 0 aromatic rings. The lowest BCUT2D eigenvalue weighted by Crippen LogP contribution is -2.72. The van der Waals surface area contributed by atoms with Gasteiger partial charge >= 0.3 is 18.1 Å². The molecule has 5 atom stereocenters. The van der Waals surface area contributed by atoms with Gasteiger partial charge in [-0.3, -0.25) is 0 Å². The fourth-order valence-corrected chi connectivity index (χ4v) is 5.83. The minimum Gasteiger partial charge on any atom is -0.463 e. The Labute approximate surface area is 170 Å². The van der Waals surface area contributed by atoms with Gasteiger partial charge in [0.1, 0.15) is 0 Å². The van der Waals surface area contributed by atoms with E-state index >= 15 is 0 Å². The zero-order chi connectivity index (χ0) is 21.4. The monoisotopic (exact) mass is 419 g/mol. The van der Waals surface area contributed by atoms with Gasteiger partial charge in [-0.1, -0.05) is 25.8 Å². The molecule has 166 valence electrons. The molecule has 1 N–H and O–H groups in total. The van der Waals surface area contributed by atoms with Crippen molar-refractivity contribution in [2.45, 2.75) is 89.4 Å². The van der Waals surface area contributed by atoms with Crippen molar-refractivity contribution >= 4 is 5.97 Å². The van der Waals surface area contributed by atoms with Crippen LogP contribution in [-0.4, -0.2) is 52.9 Å². The van der Waals surface area contributed by atoms with E-state index in [2.05, 4.69) is 0 Å². The van der Waals surface area contributed by atoms with Gasteiger partial charge in [0, 0.05) is 17.2 Å². The average molecular weight is 419 g/mol. The summed E-state index contributed by atoms with van der Waals surface area (Å²) in [6, 6.07) is -0.564. The number of nitrogens with zero attached hydrogens (tertiary/aromatic N) is 1. The molecule has 3 rings (SSSR count). The van der Waals surface area contributed by atoms with E-state index in [4.69, 9.17) is 9.47 Å². The molecule has 1 spiro atoms. The van der Waals surface area contributed by atoms with Gasteiger partial charge in [0.15, 0.2) is 0 Å². The molecule has 0 radical (unpaired) electrons. The highest BCUT2D eigenvalue weighted by molar-refractivity contribution is 5.87.